The largest absolute Gasteiger partial charge is 0.399 e. The molecule has 0 radical (unpaired) electrons. The topological polar surface area (TPSA) is 35.9 Å². The first-order valence-corrected chi connectivity index (χ1v) is 16.4. The second kappa shape index (κ2) is 9.58. The molecule has 0 atom stereocenters. The Labute approximate surface area is 269 Å². The first-order chi connectivity index (χ1) is 22.7. The summed E-state index contributed by atoms with van der Waals surface area (Å²) in [6, 6.07) is 55.0. The van der Waals surface area contributed by atoms with E-state index in [2.05, 4.69) is 155 Å². The van der Waals surface area contributed by atoms with Crippen LogP contribution in [0, 0.1) is 0 Å². The highest BCUT2D eigenvalue weighted by Gasteiger charge is 2.17. The van der Waals surface area contributed by atoms with E-state index >= 15 is 0 Å². The van der Waals surface area contributed by atoms with Crippen LogP contribution in [0.4, 0.5) is 5.69 Å². The lowest BCUT2D eigenvalue weighted by atomic mass is 10.0. The van der Waals surface area contributed by atoms with E-state index in [4.69, 9.17) is 5.73 Å². The van der Waals surface area contributed by atoms with E-state index in [9.17, 15) is 0 Å². The van der Waals surface area contributed by atoms with Gasteiger partial charge in [0.15, 0.2) is 0 Å². The molecule has 216 valence electrons. The molecule has 0 bridgehead atoms. The van der Waals surface area contributed by atoms with E-state index in [0.29, 0.717) is 0 Å². The fraction of sp³-hybridized carbons (Fsp3) is 0. The molecule has 3 heterocycles. The third kappa shape index (κ3) is 3.65. The summed E-state index contributed by atoms with van der Waals surface area (Å²) in [5, 5.41) is 7.49. The predicted octanol–water partition coefficient (Wildman–Crippen LogP) is 11.5. The van der Waals surface area contributed by atoms with Crippen molar-refractivity contribution in [3.8, 4) is 22.5 Å². The summed E-state index contributed by atoms with van der Waals surface area (Å²) in [7, 11) is 0. The molecule has 0 fully saturated rings. The molecule has 0 aliphatic rings. The summed E-state index contributed by atoms with van der Waals surface area (Å²) in [5.41, 5.74) is 16.6. The maximum atomic E-state index is 6.20. The molecule has 0 aliphatic carbocycles. The summed E-state index contributed by atoms with van der Waals surface area (Å²) in [6.45, 7) is 0. The van der Waals surface area contributed by atoms with Crippen molar-refractivity contribution >= 4 is 80.8 Å². The molecule has 0 spiro atoms. The lowest BCUT2D eigenvalue weighted by Gasteiger charge is -2.10. The van der Waals surface area contributed by atoms with Crippen molar-refractivity contribution in [2.45, 2.75) is 0 Å². The number of anilines is 1. The van der Waals surface area contributed by atoms with Crippen molar-refractivity contribution < 1.29 is 0 Å². The Hall–Kier alpha value is -5.84. The van der Waals surface area contributed by atoms with Crippen LogP contribution in [0.5, 0.6) is 0 Å². The Bertz CT molecular complexity index is 2820. The van der Waals surface area contributed by atoms with Gasteiger partial charge in [0.05, 0.1) is 22.1 Å². The smallest absolute Gasteiger partial charge is 0.0541 e. The number of hydrogen-bond donors (Lipinski definition) is 1. The Balaban J connectivity index is 1.17. The molecule has 2 N–H and O–H groups in total. The summed E-state index contributed by atoms with van der Waals surface area (Å²) >= 11 is 1.82. The van der Waals surface area contributed by atoms with Crippen LogP contribution in [-0.2, 0) is 0 Å². The van der Waals surface area contributed by atoms with Gasteiger partial charge in [0, 0.05) is 58.8 Å². The van der Waals surface area contributed by atoms with Crippen molar-refractivity contribution in [2.24, 2.45) is 0 Å². The first kappa shape index (κ1) is 25.5. The molecule has 10 aromatic rings. The number of thiophene rings is 1. The minimum absolute atomic E-state index is 0.796. The summed E-state index contributed by atoms with van der Waals surface area (Å²) in [6.07, 6.45) is 0. The standard InChI is InChI=1S/C42H27N3S/c43-28-16-20-41-35(24-28)36-25-30(17-21-42(36)46-41)45-38-13-7-5-11-32(38)34-23-27(15-19-40(34)45)26-14-18-39-33(22-26)31-10-4-6-12-37(31)44(39)29-8-2-1-3-9-29/h1-25H,43H2. The number of rotatable bonds is 3. The molecular formula is C42H27N3S. The molecule has 10 rings (SSSR count). The SMILES string of the molecule is Nc1ccc2sc3ccc(-n4c5ccccc5c5cc(-c6ccc7c(c6)c6ccccc6n7-c6ccccc6)ccc54)cc3c2c1. The van der Waals surface area contributed by atoms with Gasteiger partial charge in [-0.2, -0.15) is 0 Å². The van der Waals surface area contributed by atoms with Crippen LogP contribution < -0.4 is 5.73 Å². The minimum atomic E-state index is 0.796. The minimum Gasteiger partial charge on any atom is -0.399 e. The number of benzene rings is 7. The third-order valence-corrected chi connectivity index (χ3v) is 10.6. The monoisotopic (exact) mass is 605 g/mol. The average molecular weight is 606 g/mol. The zero-order chi connectivity index (χ0) is 30.4. The van der Waals surface area contributed by atoms with Gasteiger partial charge >= 0.3 is 0 Å². The van der Waals surface area contributed by atoms with Gasteiger partial charge in [-0.05, 0) is 96.1 Å². The number of hydrogen-bond acceptors (Lipinski definition) is 2. The quantitative estimate of drug-likeness (QED) is 0.200. The highest BCUT2D eigenvalue weighted by molar-refractivity contribution is 7.25. The van der Waals surface area contributed by atoms with Gasteiger partial charge in [0.2, 0.25) is 0 Å². The van der Waals surface area contributed by atoms with Gasteiger partial charge in [0.1, 0.15) is 0 Å². The number of para-hydroxylation sites is 3. The van der Waals surface area contributed by atoms with Crippen LogP contribution >= 0.6 is 11.3 Å². The van der Waals surface area contributed by atoms with Crippen molar-refractivity contribution in [1.82, 2.24) is 9.13 Å². The Morgan fingerprint density at radius 1 is 0.370 bits per heavy atom. The molecule has 0 aliphatic heterocycles. The van der Waals surface area contributed by atoms with Gasteiger partial charge < -0.3 is 14.9 Å². The normalized spacial score (nSPS) is 12.0. The maximum absolute atomic E-state index is 6.20. The van der Waals surface area contributed by atoms with Gasteiger partial charge in [0.25, 0.3) is 0 Å². The Morgan fingerprint density at radius 2 is 0.891 bits per heavy atom. The average Bonchev–Trinajstić information content (AvgIpc) is 3.75. The van der Waals surface area contributed by atoms with E-state index in [0.717, 1.165) is 11.4 Å². The van der Waals surface area contributed by atoms with Crippen LogP contribution in [0.15, 0.2) is 152 Å². The van der Waals surface area contributed by atoms with E-state index in [1.807, 2.05) is 17.4 Å². The summed E-state index contributed by atoms with van der Waals surface area (Å²) in [4.78, 5) is 0. The van der Waals surface area contributed by atoms with Crippen LogP contribution in [0.3, 0.4) is 0 Å². The molecule has 3 nitrogen and oxygen atoms in total. The highest BCUT2D eigenvalue weighted by Crippen LogP contribution is 2.40. The molecule has 7 aromatic carbocycles. The number of nitrogens with zero attached hydrogens (tertiary/aromatic N) is 2. The Morgan fingerprint density at radius 3 is 1.54 bits per heavy atom. The lowest BCUT2D eigenvalue weighted by molar-refractivity contribution is 1.18. The molecule has 0 unspecified atom stereocenters. The van der Waals surface area contributed by atoms with Crippen LogP contribution in [0.1, 0.15) is 0 Å². The zero-order valence-corrected chi connectivity index (χ0v) is 25.6. The van der Waals surface area contributed by atoms with Crippen LogP contribution in [-0.4, -0.2) is 9.13 Å². The van der Waals surface area contributed by atoms with E-state index in [1.165, 1.54) is 80.6 Å². The fourth-order valence-corrected chi connectivity index (χ4v) is 8.43. The first-order valence-electron chi connectivity index (χ1n) is 15.6. The van der Waals surface area contributed by atoms with Crippen molar-refractivity contribution in [2.75, 3.05) is 5.73 Å². The van der Waals surface area contributed by atoms with Crippen molar-refractivity contribution in [1.29, 1.82) is 0 Å². The highest BCUT2D eigenvalue weighted by atomic mass is 32.1. The molecule has 0 saturated heterocycles. The predicted molar refractivity (Wildman–Crippen MR) is 198 cm³/mol. The van der Waals surface area contributed by atoms with Gasteiger partial charge in [-0.15, -0.1) is 11.3 Å². The number of fused-ring (bicyclic) bond motifs is 9. The number of nitrogen functional groups attached to an aromatic ring is 1. The summed E-state index contributed by atoms with van der Waals surface area (Å²) < 4.78 is 7.31. The van der Waals surface area contributed by atoms with Gasteiger partial charge in [-0.1, -0.05) is 66.7 Å². The molecule has 0 amide bonds. The van der Waals surface area contributed by atoms with E-state index in [1.54, 1.807) is 0 Å². The van der Waals surface area contributed by atoms with E-state index in [-0.39, 0.29) is 0 Å². The second-order valence-electron chi connectivity index (χ2n) is 12.0. The molecule has 0 saturated carbocycles. The number of nitrogens with two attached hydrogens (primary N) is 1. The number of aromatic nitrogens is 2. The van der Waals surface area contributed by atoms with E-state index < -0.39 is 0 Å². The molecular weight excluding hydrogens is 579 g/mol. The lowest BCUT2D eigenvalue weighted by Crippen LogP contribution is -1.93. The molecule has 3 aromatic heterocycles. The third-order valence-electron chi connectivity index (χ3n) is 9.43. The van der Waals surface area contributed by atoms with Gasteiger partial charge in [-0.3, -0.25) is 0 Å². The molecule has 4 heteroatoms. The van der Waals surface area contributed by atoms with Gasteiger partial charge in [-0.25, -0.2) is 0 Å². The van der Waals surface area contributed by atoms with Crippen molar-refractivity contribution in [3.05, 3.63) is 152 Å². The Kier molecular flexibility index (Phi) is 5.31. The molecule has 46 heavy (non-hydrogen) atoms. The summed E-state index contributed by atoms with van der Waals surface area (Å²) in [5.74, 6) is 0. The zero-order valence-electron chi connectivity index (χ0n) is 24.8. The van der Waals surface area contributed by atoms with Crippen LogP contribution in [0.2, 0.25) is 0 Å². The fourth-order valence-electron chi connectivity index (χ4n) is 7.36. The second-order valence-corrected chi connectivity index (χ2v) is 13.1. The van der Waals surface area contributed by atoms with Crippen LogP contribution in [0.25, 0.3) is 86.3 Å². The maximum Gasteiger partial charge on any atom is 0.0541 e. The van der Waals surface area contributed by atoms with Crippen molar-refractivity contribution in [3.63, 3.8) is 0 Å².